The zero-order chi connectivity index (χ0) is 6.57. The third-order valence-corrected chi connectivity index (χ3v) is 1.36. The van der Waals surface area contributed by atoms with Crippen molar-refractivity contribution < 1.29 is 9.59 Å². The van der Waals surface area contributed by atoms with Gasteiger partial charge in [0, 0.05) is 21.6 Å². The molecular formula is C2H4N2O2S2. The summed E-state index contributed by atoms with van der Waals surface area (Å²) < 4.78 is 0.250. The number of hydrogen-bond acceptors (Lipinski definition) is 4. The van der Waals surface area contributed by atoms with Crippen molar-refractivity contribution in [2.75, 3.05) is 0 Å². The number of nitrogens with two attached hydrogens (primary N) is 2. The van der Waals surface area contributed by atoms with Gasteiger partial charge in [0.1, 0.15) is 0 Å². The zero-order valence-corrected chi connectivity index (χ0v) is 5.42. The molecule has 0 aromatic carbocycles. The van der Waals surface area contributed by atoms with Crippen LogP contribution in [0.5, 0.6) is 0 Å². The Morgan fingerprint density at radius 2 is 1.50 bits per heavy atom. The van der Waals surface area contributed by atoms with Crippen molar-refractivity contribution >= 4 is 32.1 Å². The minimum absolute atomic E-state index is 0.250. The van der Waals surface area contributed by atoms with Crippen molar-refractivity contribution in [1.29, 1.82) is 0 Å². The Kier molecular flexibility index (Phi) is 3.46. The van der Waals surface area contributed by atoms with Gasteiger partial charge in [-0.05, 0) is 0 Å². The molecule has 46 valence electrons. The van der Waals surface area contributed by atoms with E-state index < -0.39 is 6.03 Å². The summed E-state index contributed by atoms with van der Waals surface area (Å²) in [6.07, 6.45) is 0. The zero-order valence-electron chi connectivity index (χ0n) is 3.79. The number of carbonyl (C=O) groups excluding carboxylic acids is 2. The van der Waals surface area contributed by atoms with E-state index in [-0.39, 0.29) is 4.45 Å². The smallest absolute Gasteiger partial charge is 0.309 e. The van der Waals surface area contributed by atoms with Gasteiger partial charge in [0.05, 0.1) is 0 Å². The fourth-order valence-electron chi connectivity index (χ4n) is 0.0170. The van der Waals surface area contributed by atoms with Crippen molar-refractivity contribution in [2.45, 2.75) is 0 Å². The summed E-state index contributed by atoms with van der Waals surface area (Å²) in [6.45, 7) is 0. The Balaban J connectivity index is 0.000000122. The van der Waals surface area contributed by atoms with E-state index in [0.717, 1.165) is 0 Å². The molecule has 0 saturated carbocycles. The number of amides is 2. The van der Waals surface area contributed by atoms with E-state index >= 15 is 0 Å². The van der Waals surface area contributed by atoms with Crippen LogP contribution in [0.3, 0.4) is 0 Å². The predicted octanol–water partition coefficient (Wildman–Crippen LogP) is 0.525. The molecule has 0 radical (unpaired) electrons. The lowest BCUT2D eigenvalue weighted by atomic mass is 11.2. The van der Waals surface area contributed by atoms with Gasteiger partial charge in [0.2, 0.25) is 0 Å². The van der Waals surface area contributed by atoms with Crippen LogP contribution in [-0.4, -0.2) is 10.5 Å². The molecule has 0 bridgehead atoms. The molecule has 0 aromatic heterocycles. The Bertz CT molecular complexity index is 103. The van der Waals surface area contributed by atoms with E-state index in [2.05, 4.69) is 11.5 Å². The Hall–Kier alpha value is -0.360. The monoisotopic (exact) mass is 152 g/mol. The van der Waals surface area contributed by atoms with Gasteiger partial charge < -0.3 is 11.5 Å². The molecule has 6 heteroatoms. The second kappa shape index (κ2) is 3.62. The minimum atomic E-state index is -0.833. The normalized spacial score (nSPS) is 13.8. The molecule has 1 aliphatic heterocycles. The molecule has 4 N–H and O–H groups in total. The van der Waals surface area contributed by atoms with Crippen molar-refractivity contribution in [3.05, 3.63) is 0 Å². The first-order valence-electron chi connectivity index (χ1n) is 1.56. The molecule has 0 aromatic rings. The summed E-state index contributed by atoms with van der Waals surface area (Å²) in [7, 11) is 2.60. The van der Waals surface area contributed by atoms with E-state index in [4.69, 9.17) is 4.79 Å². The van der Waals surface area contributed by atoms with Gasteiger partial charge in [-0.1, -0.05) is 0 Å². The second-order valence-electron chi connectivity index (χ2n) is 0.819. The van der Waals surface area contributed by atoms with Crippen LogP contribution >= 0.6 is 21.6 Å². The SMILES string of the molecule is NC(N)=O.O=C1SS1. The van der Waals surface area contributed by atoms with Gasteiger partial charge >= 0.3 is 6.03 Å². The molecule has 8 heavy (non-hydrogen) atoms. The molecular weight excluding hydrogens is 148 g/mol. The molecule has 0 atom stereocenters. The van der Waals surface area contributed by atoms with E-state index in [0.29, 0.717) is 0 Å². The highest BCUT2D eigenvalue weighted by molar-refractivity contribution is 9.09. The summed E-state index contributed by atoms with van der Waals surface area (Å²) in [5, 5.41) is 0. The Morgan fingerprint density at radius 3 is 1.50 bits per heavy atom. The third kappa shape index (κ3) is 17.4. The maximum Gasteiger partial charge on any atom is 0.309 e. The number of urea groups is 1. The van der Waals surface area contributed by atoms with Gasteiger partial charge in [-0.25, -0.2) is 4.79 Å². The number of rotatable bonds is 0. The highest BCUT2D eigenvalue weighted by atomic mass is 33.2. The first kappa shape index (κ1) is 7.64. The average Bonchev–Trinajstić information content (AvgIpc) is 2.19. The molecule has 0 spiro atoms. The van der Waals surface area contributed by atoms with Gasteiger partial charge in [-0.2, -0.15) is 0 Å². The highest BCUT2D eigenvalue weighted by Crippen LogP contribution is 2.46. The van der Waals surface area contributed by atoms with Crippen LogP contribution in [0.25, 0.3) is 0 Å². The van der Waals surface area contributed by atoms with Crippen LogP contribution in [0.15, 0.2) is 0 Å². The van der Waals surface area contributed by atoms with Crippen LogP contribution in [0.2, 0.25) is 0 Å². The first-order chi connectivity index (χ1) is 3.63. The molecule has 1 aliphatic rings. The molecule has 2 amide bonds. The molecule has 0 aliphatic carbocycles. The quantitative estimate of drug-likeness (QED) is 0.391. The first-order valence-corrected chi connectivity index (χ1v) is 3.71. The predicted molar refractivity (Wildman–Crippen MR) is 34.3 cm³/mol. The summed E-state index contributed by atoms with van der Waals surface area (Å²) in [4.78, 5) is 18.5. The largest absolute Gasteiger partial charge is 0.352 e. The van der Waals surface area contributed by atoms with Crippen molar-refractivity contribution in [1.82, 2.24) is 0 Å². The summed E-state index contributed by atoms with van der Waals surface area (Å²) in [6, 6.07) is -0.833. The lowest BCUT2D eigenvalue weighted by Crippen LogP contribution is -2.18. The van der Waals surface area contributed by atoms with Gasteiger partial charge in [0.25, 0.3) is 4.45 Å². The summed E-state index contributed by atoms with van der Waals surface area (Å²) >= 11 is 0. The van der Waals surface area contributed by atoms with Crippen molar-refractivity contribution in [3.63, 3.8) is 0 Å². The highest BCUT2D eigenvalue weighted by Gasteiger charge is 2.18. The number of hydrogen-bond donors (Lipinski definition) is 2. The maximum absolute atomic E-state index is 9.48. The molecule has 1 rings (SSSR count). The topological polar surface area (TPSA) is 86.2 Å². The van der Waals surface area contributed by atoms with E-state index in [1.807, 2.05) is 0 Å². The lowest BCUT2D eigenvalue weighted by Gasteiger charge is -1.62. The minimum Gasteiger partial charge on any atom is -0.352 e. The lowest BCUT2D eigenvalue weighted by molar-refractivity contribution is 0.256. The van der Waals surface area contributed by atoms with Gasteiger partial charge in [0.15, 0.2) is 0 Å². The van der Waals surface area contributed by atoms with E-state index in [1.54, 1.807) is 0 Å². The van der Waals surface area contributed by atoms with Crippen LogP contribution in [-0.2, 0) is 0 Å². The Morgan fingerprint density at radius 1 is 1.38 bits per heavy atom. The van der Waals surface area contributed by atoms with Crippen LogP contribution < -0.4 is 11.5 Å². The number of carbonyl (C=O) groups is 2. The molecule has 0 unspecified atom stereocenters. The van der Waals surface area contributed by atoms with E-state index in [1.165, 1.54) is 21.6 Å². The summed E-state index contributed by atoms with van der Waals surface area (Å²) in [5.74, 6) is 0. The molecule has 1 heterocycles. The second-order valence-corrected chi connectivity index (χ2v) is 3.15. The van der Waals surface area contributed by atoms with Crippen molar-refractivity contribution in [2.24, 2.45) is 11.5 Å². The summed E-state index contributed by atoms with van der Waals surface area (Å²) in [5.41, 5.74) is 8.50. The van der Waals surface area contributed by atoms with Gasteiger partial charge in [-0.15, -0.1) is 0 Å². The van der Waals surface area contributed by atoms with Crippen molar-refractivity contribution in [3.8, 4) is 0 Å². The fourth-order valence-corrected chi connectivity index (χ4v) is 0.153. The molecule has 1 saturated heterocycles. The Labute approximate surface area is 53.8 Å². The maximum atomic E-state index is 9.48. The average molecular weight is 152 g/mol. The molecule has 1 fully saturated rings. The molecule has 4 nitrogen and oxygen atoms in total. The fraction of sp³-hybridized carbons (Fsp3) is 0. The third-order valence-electron chi connectivity index (χ3n) is 0.151. The van der Waals surface area contributed by atoms with Crippen LogP contribution in [0, 0.1) is 0 Å². The van der Waals surface area contributed by atoms with E-state index in [9.17, 15) is 4.79 Å². The van der Waals surface area contributed by atoms with Crippen LogP contribution in [0.1, 0.15) is 0 Å². The standard InChI is InChI=1S/CH4N2O.COS2/c2-1(3)4;2-1-3-4-1/h(H4,2,3,4);. The van der Waals surface area contributed by atoms with Crippen LogP contribution in [0.4, 0.5) is 9.59 Å². The number of primary amides is 2. The van der Waals surface area contributed by atoms with Gasteiger partial charge in [-0.3, -0.25) is 4.79 Å².